The molecule has 6 nitrogen and oxygen atoms in total. The second-order valence-corrected chi connectivity index (χ2v) is 3.51. The second kappa shape index (κ2) is 4.82. The topological polar surface area (TPSA) is 69.0 Å². The largest absolute Gasteiger partial charge is 0.481 e. The molecular weight excluding hydrogens is 239 g/mol. The molecule has 1 amide bonds. The number of hydrogen-bond donors (Lipinski definition) is 1. The molecule has 0 spiro atoms. The molecule has 0 aliphatic carbocycles. The summed E-state index contributed by atoms with van der Waals surface area (Å²) in [5, 5.41) is 6.47. The van der Waals surface area contributed by atoms with Crippen molar-refractivity contribution in [1.82, 2.24) is 14.8 Å². The van der Waals surface area contributed by atoms with E-state index in [1.165, 1.54) is 30.1 Å². The van der Waals surface area contributed by atoms with Crippen molar-refractivity contribution in [1.29, 1.82) is 0 Å². The zero-order valence-electron chi connectivity index (χ0n) is 9.85. The molecule has 18 heavy (non-hydrogen) atoms. The van der Waals surface area contributed by atoms with Gasteiger partial charge in [-0.1, -0.05) is 0 Å². The van der Waals surface area contributed by atoms with Crippen molar-refractivity contribution in [2.24, 2.45) is 7.05 Å². The fourth-order valence-electron chi connectivity index (χ4n) is 1.45. The molecule has 94 valence electrons. The average Bonchev–Trinajstić information content (AvgIpc) is 2.69. The average molecular weight is 250 g/mol. The number of amides is 1. The number of ether oxygens (including phenoxy) is 1. The number of anilines is 1. The van der Waals surface area contributed by atoms with Gasteiger partial charge in [-0.3, -0.25) is 9.78 Å². The summed E-state index contributed by atoms with van der Waals surface area (Å²) in [4.78, 5) is 15.3. The SMILES string of the molecule is COc1cc(NC(=O)c2ccncc2F)nn1C. The molecular formula is C11H11FN4O2. The first-order chi connectivity index (χ1) is 8.61. The van der Waals surface area contributed by atoms with Crippen molar-refractivity contribution < 1.29 is 13.9 Å². The summed E-state index contributed by atoms with van der Waals surface area (Å²) < 4.78 is 19.8. The molecule has 0 saturated heterocycles. The van der Waals surface area contributed by atoms with Crippen LogP contribution in [0.4, 0.5) is 10.2 Å². The highest BCUT2D eigenvalue weighted by Gasteiger charge is 2.14. The van der Waals surface area contributed by atoms with Crippen LogP contribution in [0.3, 0.4) is 0 Å². The van der Waals surface area contributed by atoms with Gasteiger partial charge in [-0.05, 0) is 6.07 Å². The number of hydrogen-bond acceptors (Lipinski definition) is 4. The first kappa shape index (κ1) is 12.0. The van der Waals surface area contributed by atoms with Gasteiger partial charge >= 0.3 is 0 Å². The Labute approximate surface area is 102 Å². The van der Waals surface area contributed by atoms with Crippen LogP contribution in [0, 0.1) is 5.82 Å². The summed E-state index contributed by atoms with van der Waals surface area (Å²) >= 11 is 0. The molecule has 2 aromatic rings. The third-order valence-corrected chi connectivity index (χ3v) is 2.30. The number of carbonyl (C=O) groups is 1. The lowest BCUT2D eigenvalue weighted by Crippen LogP contribution is -2.14. The Morgan fingerprint density at radius 3 is 2.94 bits per heavy atom. The van der Waals surface area contributed by atoms with Gasteiger partial charge in [-0.25, -0.2) is 9.07 Å². The van der Waals surface area contributed by atoms with Crippen LogP contribution in [0.5, 0.6) is 5.88 Å². The highest BCUT2D eigenvalue weighted by atomic mass is 19.1. The van der Waals surface area contributed by atoms with E-state index < -0.39 is 11.7 Å². The second-order valence-electron chi connectivity index (χ2n) is 3.51. The Balaban J connectivity index is 2.19. The van der Waals surface area contributed by atoms with Crippen molar-refractivity contribution in [3.63, 3.8) is 0 Å². The number of rotatable bonds is 3. The fourth-order valence-corrected chi connectivity index (χ4v) is 1.45. The lowest BCUT2D eigenvalue weighted by atomic mass is 10.2. The quantitative estimate of drug-likeness (QED) is 0.889. The molecule has 2 rings (SSSR count). The molecule has 0 bridgehead atoms. The first-order valence-corrected chi connectivity index (χ1v) is 5.10. The predicted molar refractivity (Wildman–Crippen MR) is 61.9 cm³/mol. The number of methoxy groups -OCH3 is 1. The van der Waals surface area contributed by atoms with E-state index >= 15 is 0 Å². The van der Waals surface area contributed by atoms with Gasteiger partial charge < -0.3 is 10.1 Å². The monoisotopic (exact) mass is 250 g/mol. The summed E-state index contributed by atoms with van der Waals surface area (Å²) in [5.74, 6) is -0.496. The van der Waals surface area contributed by atoms with Gasteiger partial charge in [0, 0.05) is 19.3 Å². The van der Waals surface area contributed by atoms with Crippen LogP contribution >= 0.6 is 0 Å². The maximum absolute atomic E-state index is 13.3. The zero-order valence-corrected chi connectivity index (χ0v) is 9.85. The molecule has 0 fully saturated rings. The van der Waals surface area contributed by atoms with Crippen LogP contribution in [0.2, 0.25) is 0 Å². The number of carbonyl (C=O) groups excluding carboxylic acids is 1. The lowest BCUT2D eigenvalue weighted by molar-refractivity contribution is 0.102. The van der Waals surface area contributed by atoms with Crippen LogP contribution in [-0.2, 0) is 7.05 Å². The minimum Gasteiger partial charge on any atom is -0.481 e. The van der Waals surface area contributed by atoms with Crippen molar-refractivity contribution in [3.8, 4) is 5.88 Å². The van der Waals surface area contributed by atoms with E-state index in [9.17, 15) is 9.18 Å². The third kappa shape index (κ3) is 2.29. The number of aromatic nitrogens is 3. The molecule has 0 unspecified atom stereocenters. The van der Waals surface area contributed by atoms with E-state index in [1.54, 1.807) is 7.05 Å². The van der Waals surface area contributed by atoms with Gasteiger partial charge in [0.1, 0.15) is 0 Å². The smallest absolute Gasteiger partial charge is 0.259 e. The minimum absolute atomic E-state index is 0.0883. The molecule has 0 aliphatic heterocycles. The van der Waals surface area contributed by atoms with E-state index in [2.05, 4.69) is 15.4 Å². The molecule has 1 N–H and O–H groups in total. The predicted octanol–water partition coefficient (Wildman–Crippen LogP) is 1.22. The molecule has 0 saturated carbocycles. The molecule has 0 aliphatic rings. The maximum Gasteiger partial charge on any atom is 0.259 e. The Kier molecular flexibility index (Phi) is 3.22. The Morgan fingerprint density at radius 1 is 1.56 bits per heavy atom. The summed E-state index contributed by atoms with van der Waals surface area (Å²) in [6, 6.07) is 2.84. The normalized spacial score (nSPS) is 10.2. The van der Waals surface area contributed by atoms with E-state index in [4.69, 9.17) is 4.74 Å². The molecule has 0 radical (unpaired) electrons. The molecule has 2 heterocycles. The summed E-state index contributed by atoms with van der Waals surface area (Å²) in [6.07, 6.45) is 2.32. The zero-order chi connectivity index (χ0) is 13.1. The van der Waals surface area contributed by atoms with Crippen molar-refractivity contribution in [2.75, 3.05) is 12.4 Å². The number of halogens is 1. The van der Waals surface area contributed by atoms with E-state index in [1.807, 2.05) is 0 Å². The fraction of sp³-hybridized carbons (Fsp3) is 0.182. The van der Waals surface area contributed by atoms with Crippen molar-refractivity contribution >= 4 is 11.7 Å². The van der Waals surface area contributed by atoms with Gasteiger partial charge in [-0.2, -0.15) is 5.10 Å². The molecule has 2 aromatic heterocycles. The maximum atomic E-state index is 13.3. The van der Waals surface area contributed by atoms with Crippen LogP contribution in [0.25, 0.3) is 0 Å². The van der Waals surface area contributed by atoms with E-state index in [-0.39, 0.29) is 11.4 Å². The van der Waals surface area contributed by atoms with Gasteiger partial charge in [0.15, 0.2) is 11.6 Å². The van der Waals surface area contributed by atoms with Crippen LogP contribution in [0.1, 0.15) is 10.4 Å². The summed E-state index contributed by atoms with van der Waals surface area (Å²) in [6.45, 7) is 0. The Hall–Kier alpha value is -2.44. The minimum atomic E-state index is -0.683. The number of pyridine rings is 1. The molecule has 7 heteroatoms. The van der Waals surface area contributed by atoms with E-state index in [0.717, 1.165) is 6.20 Å². The van der Waals surface area contributed by atoms with E-state index in [0.29, 0.717) is 5.88 Å². The standard InChI is InChI=1S/C11H11FN4O2/c1-16-10(18-2)5-9(15-16)14-11(17)7-3-4-13-6-8(7)12/h3-6H,1-2H3,(H,14,15,17). The molecule has 0 aromatic carbocycles. The van der Waals surface area contributed by atoms with Crippen molar-refractivity contribution in [2.45, 2.75) is 0 Å². The van der Waals surface area contributed by atoms with Crippen LogP contribution < -0.4 is 10.1 Å². The summed E-state index contributed by atoms with van der Waals surface area (Å²) in [7, 11) is 3.16. The van der Waals surface area contributed by atoms with Gasteiger partial charge in [0.05, 0.1) is 18.9 Å². The Bertz CT molecular complexity index is 582. The van der Waals surface area contributed by atoms with Gasteiger partial charge in [0.2, 0.25) is 5.88 Å². The number of nitrogens with one attached hydrogen (secondary N) is 1. The first-order valence-electron chi connectivity index (χ1n) is 5.10. The Morgan fingerprint density at radius 2 is 2.33 bits per heavy atom. The highest BCUT2D eigenvalue weighted by Crippen LogP contribution is 2.16. The van der Waals surface area contributed by atoms with Crippen LogP contribution in [0.15, 0.2) is 24.5 Å². The molecule has 0 atom stereocenters. The number of aryl methyl sites for hydroxylation is 1. The van der Waals surface area contributed by atoms with Crippen molar-refractivity contribution in [3.05, 3.63) is 35.9 Å². The van der Waals surface area contributed by atoms with Crippen LogP contribution in [-0.4, -0.2) is 27.8 Å². The summed E-state index contributed by atoms with van der Waals surface area (Å²) in [5.41, 5.74) is -0.0883. The number of nitrogens with zero attached hydrogens (tertiary/aromatic N) is 3. The third-order valence-electron chi connectivity index (χ3n) is 2.30. The highest BCUT2D eigenvalue weighted by molar-refractivity contribution is 6.03. The van der Waals surface area contributed by atoms with Gasteiger partial charge in [0.25, 0.3) is 5.91 Å². The lowest BCUT2D eigenvalue weighted by Gasteiger charge is -2.01. The van der Waals surface area contributed by atoms with Gasteiger partial charge in [-0.15, -0.1) is 0 Å².